The highest BCUT2D eigenvalue weighted by atomic mass is 16.6. The maximum absolute atomic E-state index is 10.9. The van der Waals surface area contributed by atoms with E-state index in [0.717, 1.165) is 11.3 Å². The molecule has 7 nitrogen and oxygen atoms in total. The molecule has 1 aromatic carbocycles. The Balaban J connectivity index is 2.12. The summed E-state index contributed by atoms with van der Waals surface area (Å²) < 4.78 is 12.2. The van der Waals surface area contributed by atoms with Crippen LogP contribution in [0.5, 0.6) is 5.75 Å². The van der Waals surface area contributed by atoms with E-state index >= 15 is 0 Å². The number of ether oxygens (including phenoxy) is 1. The molecule has 0 N–H and O–H groups in total. The average molecular weight is 273 g/mol. The topological polar surface area (TPSA) is 82.8 Å². The largest absolute Gasteiger partial charge is 0.497 e. The highest BCUT2D eigenvalue weighted by Gasteiger charge is 2.24. The maximum Gasteiger partial charge on any atom is 0.427 e. The molecule has 2 heterocycles. The van der Waals surface area contributed by atoms with Crippen molar-refractivity contribution in [1.82, 2.24) is 9.38 Å². The molecule has 3 rings (SSSR count). The smallest absolute Gasteiger partial charge is 0.427 e. The summed E-state index contributed by atoms with van der Waals surface area (Å²) in [7, 11) is 1.59. The fourth-order valence-electron chi connectivity index (χ4n) is 2.01. The normalized spacial score (nSPS) is 10.9. The van der Waals surface area contributed by atoms with Crippen molar-refractivity contribution in [1.29, 1.82) is 0 Å². The lowest BCUT2D eigenvalue weighted by Crippen LogP contribution is -1.87. The molecule has 0 saturated heterocycles. The zero-order valence-corrected chi connectivity index (χ0v) is 10.9. The molecule has 0 aliphatic heterocycles. The summed E-state index contributed by atoms with van der Waals surface area (Å²) in [5, 5.41) is 10.9. The number of nitro groups is 1. The third kappa shape index (κ3) is 1.80. The van der Waals surface area contributed by atoms with Gasteiger partial charge in [0, 0.05) is 12.5 Å². The first-order valence-corrected chi connectivity index (χ1v) is 5.87. The predicted octanol–water partition coefficient (Wildman–Crippen LogP) is 2.82. The summed E-state index contributed by atoms with van der Waals surface area (Å²) in [5.41, 5.74) is 0.946. The zero-order valence-electron chi connectivity index (χ0n) is 10.9. The predicted molar refractivity (Wildman–Crippen MR) is 70.8 cm³/mol. The minimum absolute atomic E-state index is 0.137. The second-order valence-electron chi connectivity index (χ2n) is 4.24. The van der Waals surface area contributed by atoms with Gasteiger partial charge in [0.2, 0.25) is 5.82 Å². The van der Waals surface area contributed by atoms with E-state index in [1.54, 1.807) is 36.8 Å². The number of hydrogen-bond acceptors (Lipinski definition) is 5. The third-order valence-electron chi connectivity index (χ3n) is 3.03. The van der Waals surface area contributed by atoms with Crippen molar-refractivity contribution in [3.63, 3.8) is 0 Å². The van der Waals surface area contributed by atoms with Gasteiger partial charge in [0.05, 0.1) is 13.3 Å². The Morgan fingerprint density at radius 3 is 2.65 bits per heavy atom. The van der Waals surface area contributed by atoms with Gasteiger partial charge in [-0.1, -0.05) is 0 Å². The van der Waals surface area contributed by atoms with E-state index in [4.69, 9.17) is 9.15 Å². The number of rotatable bonds is 3. The molecule has 0 spiro atoms. The quantitative estimate of drug-likeness (QED) is 0.541. The molecule has 3 aromatic rings. The standard InChI is InChI=1S/C13H11N3O4/c1-8-14-12(16(17)18)13-15(8)7-11(20-13)9-3-5-10(19-2)6-4-9/h3-7H,1-2H3. The lowest BCUT2D eigenvalue weighted by atomic mass is 10.2. The second-order valence-corrected chi connectivity index (χ2v) is 4.24. The summed E-state index contributed by atoms with van der Waals surface area (Å²) in [4.78, 5) is 14.2. The molecule has 0 fully saturated rings. The number of aryl methyl sites for hydroxylation is 1. The van der Waals surface area contributed by atoms with Crippen LogP contribution in [0.1, 0.15) is 5.82 Å². The average Bonchev–Trinajstić information content (AvgIpc) is 3.00. The van der Waals surface area contributed by atoms with Gasteiger partial charge in [-0.3, -0.25) is 0 Å². The van der Waals surface area contributed by atoms with Crippen LogP contribution in [0, 0.1) is 17.0 Å². The monoisotopic (exact) mass is 273 g/mol. The Morgan fingerprint density at radius 1 is 1.35 bits per heavy atom. The number of hydrogen-bond donors (Lipinski definition) is 0. The highest BCUT2D eigenvalue weighted by Crippen LogP contribution is 2.29. The molecule has 0 bridgehead atoms. The van der Waals surface area contributed by atoms with Crippen LogP contribution in [-0.4, -0.2) is 21.4 Å². The van der Waals surface area contributed by atoms with Crippen LogP contribution in [0.25, 0.3) is 17.0 Å². The van der Waals surface area contributed by atoms with Crippen molar-refractivity contribution in [2.24, 2.45) is 0 Å². The summed E-state index contributed by atoms with van der Waals surface area (Å²) in [5.74, 6) is 1.50. The lowest BCUT2D eigenvalue weighted by Gasteiger charge is -1.99. The minimum Gasteiger partial charge on any atom is -0.497 e. The first-order valence-electron chi connectivity index (χ1n) is 5.87. The Bertz CT molecular complexity index is 786. The van der Waals surface area contributed by atoms with Crippen LogP contribution in [0.4, 0.5) is 5.82 Å². The molecule has 102 valence electrons. The Morgan fingerprint density at radius 2 is 2.05 bits per heavy atom. The van der Waals surface area contributed by atoms with Crippen LogP contribution >= 0.6 is 0 Å². The van der Waals surface area contributed by atoms with E-state index in [2.05, 4.69) is 4.98 Å². The molecule has 0 aliphatic rings. The number of nitrogens with zero attached hydrogens (tertiary/aromatic N) is 3. The van der Waals surface area contributed by atoms with Crippen molar-refractivity contribution in [2.45, 2.75) is 6.92 Å². The molecule has 0 atom stereocenters. The third-order valence-corrected chi connectivity index (χ3v) is 3.03. The van der Waals surface area contributed by atoms with Gasteiger partial charge >= 0.3 is 11.5 Å². The lowest BCUT2D eigenvalue weighted by molar-refractivity contribution is -0.388. The highest BCUT2D eigenvalue weighted by molar-refractivity contribution is 5.64. The van der Waals surface area contributed by atoms with Crippen LogP contribution in [-0.2, 0) is 0 Å². The number of aromatic nitrogens is 2. The molecule has 0 unspecified atom stereocenters. The van der Waals surface area contributed by atoms with E-state index in [-0.39, 0.29) is 11.5 Å². The first kappa shape index (κ1) is 12.2. The van der Waals surface area contributed by atoms with Gasteiger partial charge in [-0.2, -0.15) is 0 Å². The SMILES string of the molecule is COc1ccc(-c2cn3c(C)nc([N+](=O)[O-])c3o2)cc1. The molecule has 0 radical (unpaired) electrons. The molecule has 2 aromatic heterocycles. The number of benzene rings is 1. The van der Waals surface area contributed by atoms with Crippen molar-refractivity contribution in [3.8, 4) is 17.1 Å². The molecular formula is C13H11N3O4. The van der Waals surface area contributed by atoms with Gasteiger partial charge < -0.3 is 19.3 Å². The zero-order chi connectivity index (χ0) is 14.3. The van der Waals surface area contributed by atoms with Crippen molar-refractivity contribution in [2.75, 3.05) is 7.11 Å². The molecule has 0 aliphatic carbocycles. The van der Waals surface area contributed by atoms with Crippen LogP contribution in [0.15, 0.2) is 34.9 Å². The van der Waals surface area contributed by atoms with Gasteiger partial charge in [-0.25, -0.2) is 4.40 Å². The number of methoxy groups -OCH3 is 1. The number of fused-ring (bicyclic) bond motifs is 1. The number of oxazole rings is 1. The molecular weight excluding hydrogens is 262 g/mol. The van der Waals surface area contributed by atoms with Gasteiger partial charge in [0.25, 0.3) is 0 Å². The van der Waals surface area contributed by atoms with Gasteiger partial charge in [0.15, 0.2) is 5.76 Å². The van der Waals surface area contributed by atoms with E-state index in [1.807, 2.05) is 12.1 Å². The fraction of sp³-hybridized carbons (Fsp3) is 0.154. The van der Waals surface area contributed by atoms with Crippen molar-refractivity contribution in [3.05, 3.63) is 46.4 Å². The summed E-state index contributed by atoms with van der Waals surface area (Å²) >= 11 is 0. The van der Waals surface area contributed by atoms with Gasteiger partial charge in [0.1, 0.15) is 5.75 Å². The van der Waals surface area contributed by atoms with Crippen LogP contribution in [0.3, 0.4) is 0 Å². The Labute approximate surface area is 113 Å². The van der Waals surface area contributed by atoms with Gasteiger partial charge in [-0.05, 0) is 34.2 Å². The second kappa shape index (κ2) is 4.37. The molecule has 0 amide bonds. The Kier molecular flexibility index (Phi) is 2.67. The van der Waals surface area contributed by atoms with Crippen molar-refractivity contribution < 1.29 is 14.1 Å². The van der Waals surface area contributed by atoms with E-state index in [9.17, 15) is 10.1 Å². The molecule has 0 saturated carbocycles. The van der Waals surface area contributed by atoms with E-state index in [1.165, 1.54) is 0 Å². The van der Waals surface area contributed by atoms with E-state index < -0.39 is 4.92 Å². The van der Waals surface area contributed by atoms with E-state index in [0.29, 0.717) is 11.6 Å². The van der Waals surface area contributed by atoms with Crippen LogP contribution in [0.2, 0.25) is 0 Å². The molecule has 20 heavy (non-hydrogen) atoms. The van der Waals surface area contributed by atoms with Crippen LogP contribution < -0.4 is 4.74 Å². The summed E-state index contributed by atoms with van der Waals surface area (Å²) in [6.45, 7) is 1.69. The van der Waals surface area contributed by atoms with Gasteiger partial charge in [-0.15, -0.1) is 0 Å². The van der Waals surface area contributed by atoms with Crippen molar-refractivity contribution >= 4 is 11.5 Å². The Hall–Kier alpha value is -2.83. The minimum atomic E-state index is -0.552. The fourth-order valence-corrected chi connectivity index (χ4v) is 2.01. The summed E-state index contributed by atoms with van der Waals surface area (Å²) in [6, 6.07) is 7.25. The first-order chi connectivity index (χ1) is 9.60. The summed E-state index contributed by atoms with van der Waals surface area (Å²) in [6.07, 6.45) is 1.69. The molecule has 7 heteroatoms. The maximum atomic E-state index is 10.9. The number of imidazole rings is 1.